The quantitative estimate of drug-likeness (QED) is 0.386. The topological polar surface area (TPSA) is 64.4 Å². The summed E-state index contributed by atoms with van der Waals surface area (Å²) >= 11 is 6.02. The summed E-state index contributed by atoms with van der Waals surface area (Å²) in [6.07, 6.45) is -4.32. The second-order valence-electron chi connectivity index (χ2n) is 6.10. The number of hydrogen-bond acceptors (Lipinski definition) is 4. The first-order valence-electron chi connectivity index (χ1n) is 8.38. The lowest BCUT2D eigenvalue weighted by atomic mass is 10.0. The third-order valence-electron chi connectivity index (χ3n) is 4.11. The first-order chi connectivity index (χ1) is 14.1. The summed E-state index contributed by atoms with van der Waals surface area (Å²) in [6.45, 7) is 1.38. The zero-order chi connectivity index (χ0) is 22.1. The molecule has 4 nitrogen and oxygen atoms in total. The predicted molar refractivity (Wildman–Crippen MR) is 103 cm³/mol. The van der Waals surface area contributed by atoms with Gasteiger partial charge in [0, 0.05) is 11.8 Å². The van der Waals surface area contributed by atoms with Crippen LogP contribution in [0.4, 0.5) is 27.6 Å². The molecule has 2 aromatic carbocycles. The summed E-state index contributed by atoms with van der Waals surface area (Å²) in [4.78, 5) is 3.51. The fourth-order valence-electron chi connectivity index (χ4n) is 2.76. The first-order valence-corrected chi connectivity index (χ1v) is 8.76. The average molecular weight is 442 g/mol. The van der Waals surface area contributed by atoms with Gasteiger partial charge in [0.2, 0.25) is 0 Å². The highest BCUT2D eigenvalue weighted by atomic mass is 35.5. The Kier molecular flexibility index (Phi) is 5.93. The van der Waals surface area contributed by atoms with Crippen molar-refractivity contribution in [3.63, 3.8) is 0 Å². The smallest absolute Gasteiger partial charge is 0.404 e. The van der Waals surface area contributed by atoms with E-state index in [2.05, 4.69) is 10.1 Å². The lowest BCUT2D eigenvalue weighted by molar-refractivity contribution is -0.0571. The molecule has 10 heteroatoms. The predicted octanol–water partition coefficient (Wildman–Crippen LogP) is 6.22. The molecule has 156 valence electrons. The van der Waals surface area contributed by atoms with E-state index in [-0.39, 0.29) is 33.3 Å². The lowest BCUT2D eigenvalue weighted by Crippen LogP contribution is -2.25. The molecule has 0 aliphatic heterocycles. The number of hydrogen-bond donors (Lipinski definition) is 1. The highest BCUT2D eigenvalue weighted by Crippen LogP contribution is 2.37. The molecular weight excluding hydrogens is 429 g/mol. The second kappa shape index (κ2) is 8.27. The summed E-state index contributed by atoms with van der Waals surface area (Å²) in [5.74, 6) is -1.86. The summed E-state index contributed by atoms with van der Waals surface area (Å²) in [5.41, 5.74) is 2.96. The second-order valence-corrected chi connectivity index (χ2v) is 6.51. The van der Waals surface area contributed by atoms with Crippen molar-refractivity contribution < 1.29 is 26.5 Å². The van der Waals surface area contributed by atoms with Crippen LogP contribution in [0.2, 0.25) is 5.02 Å². The number of allylic oxidation sites excluding steroid dienone is 1. The Morgan fingerprint density at radius 1 is 1.17 bits per heavy atom. The maximum atomic E-state index is 14.2. The van der Waals surface area contributed by atoms with Crippen LogP contribution in [0, 0.1) is 18.6 Å². The molecule has 0 spiro atoms. The molecule has 30 heavy (non-hydrogen) atoms. The zero-order valence-corrected chi connectivity index (χ0v) is 16.0. The summed E-state index contributed by atoms with van der Waals surface area (Å²) in [6, 6.07) is 8.21. The number of aromatic nitrogens is 1. The van der Waals surface area contributed by atoms with Crippen molar-refractivity contribution in [3.05, 3.63) is 76.6 Å². The van der Waals surface area contributed by atoms with E-state index in [1.165, 1.54) is 31.2 Å². The fraction of sp³-hybridized carbons (Fsp3) is 0.100. The van der Waals surface area contributed by atoms with Crippen molar-refractivity contribution in [1.82, 2.24) is 5.16 Å². The van der Waals surface area contributed by atoms with E-state index >= 15 is 0 Å². The van der Waals surface area contributed by atoms with Crippen molar-refractivity contribution in [2.75, 3.05) is 0 Å². The normalized spacial score (nSPS) is 13.0. The van der Waals surface area contributed by atoms with Crippen LogP contribution in [0.3, 0.4) is 0 Å². The van der Waals surface area contributed by atoms with Crippen LogP contribution in [-0.4, -0.2) is 17.0 Å². The number of nitrogens with two attached hydrogens (primary N) is 1. The standard InChI is InChI=1S/C20H13ClF5N3O/c1-10-17(16-14(21)6-3-7-15(16)23)29-30-18(10)13(9-27)19(20(24,25)26)28-12-5-2-4-11(22)8-12/h2-9H,27H2,1H3. The molecule has 2 N–H and O–H groups in total. The van der Waals surface area contributed by atoms with Gasteiger partial charge >= 0.3 is 6.18 Å². The molecule has 3 aromatic rings. The van der Waals surface area contributed by atoms with E-state index in [1.807, 2.05) is 0 Å². The highest BCUT2D eigenvalue weighted by molar-refractivity contribution is 6.33. The number of benzene rings is 2. The molecule has 1 heterocycles. The molecule has 0 saturated carbocycles. The van der Waals surface area contributed by atoms with Crippen molar-refractivity contribution >= 4 is 28.6 Å². The van der Waals surface area contributed by atoms with Crippen LogP contribution in [-0.2, 0) is 0 Å². The van der Waals surface area contributed by atoms with Crippen LogP contribution in [0.1, 0.15) is 11.3 Å². The minimum Gasteiger partial charge on any atom is -0.404 e. The molecule has 3 rings (SSSR count). The summed E-state index contributed by atoms with van der Waals surface area (Å²) in [5, 5.41) is 3.68. The van der Waals surface area contributed by atoms with E-state index < -0.39 is 29.1 Å². The van der Waals surface area contributed by atoms with Gasteiger partial charge in [0.05, 0.1) is 21.8 Å². The third kappa shape index (κ3) is 4.20. The largest absolute Gasteiger partial charge is 0.434 e. The van der Waals surface area contributed by atoms with Crippen LogP contribution >= 0.6 is 11.6 Å². The van der Waals surface area contributed by atoms with E-state index in [1.54, 1.807) is 0 Å². The summed E-state index contributed by atoms with van der Waals surface area (Å²) in [7, 11) is 0. The molecule has 0 radical (unpaired) electrons. The van der Waals surface area contributed by atoms with Gasteiger partial charge in [-0.15, -0.1) is 0 Å². The maximum absolute atomic E-state index is 14.2. The molecule has 1 aromatic heterocycles. The van der Waals surface area contributed by atoms with Gasteiger partial charge < -0.3 is 10.3 Å². The minimum absolute atomic E-state index is 0.000649. The number of rotatable bonds is 4. The van der Waals surface area contributed by atoms with Gasteiger partial charge in [-0.25, -0.2) is 13.8 Å². The number of halogens is 6. The maximum Gasteiger partial charge on any atom is 0.434 e. The van der Waals surface area contributed by atoms with Crippen molar-refractivity contribution in [2.24, 2.45) is 10.7 Å². The first kappa shape index (κ1) is 21.5. The molecule has 0 bridgehead atoms. The van der Waals surface area contributed by atoms with Crippen LogP contribution in [0.5, 0.6) is 0 Å². The van der Waals surface area contributed by atoms with E-state index in [4.69, 9.17) is 21.9 Å². The van der Waals surface area contributed by atoms with E-state index in [0.29, 0.717) is 6.20 Å². The van der Waals surface area contributed by atoms with Crippen molar-refractivity contribution in [1.29, 1.82) is 0 Å². The Morgan fingerprint density at radius 2 is 1.87 bits per heavy atom. The van der Waals surface area contributed by atoms with Gasteiger partial charge in [-0.1, -0.05) is 28.9 Å². The lowest BCUT2D eigenvalue weighted by Gasteiger charge is -2.13. The summed E-state index contributed by atoms with van der Waals surface area (Å²) < 4.78 is 74.0. The number of aliphatic imine (C=N–C) groups is 1. The van der Waals surface area contributed by atoms with Gasteiger partial charge in [-0.2, -0.15) is 13.2 Å². The van der Waals surface area contributed by atoms with Gasteiger partial charge in [0.1, 0.15) is 17.3 Å². The van der Waals surface area contributed by atoms with E-state index in [9.17, 15) is 22.0 Å². The molecule has 0 fully saturated rings. The highest BCUT2D eigenvalue weighted by Gasteiger charge is 2.40. The van der Waals surface area contributed by atoms with E-state index in [0.717, 1.165) is 18.2 Å². The van der Waals surface area contributed by atoms with Gasteiger partial charge in [-0.05, 0) is 37.3 Å². The monoisotopic (exact) mass is 441 g/mol. The number of alkyl halides is 3. The Balaban J connectivity index is 2.16. The van der Waals surface area contributed by atoms with Crippen LogP contribution < -0.4 is 5.73 Å². The molecular formula is C20H13ClF5N3O. The molecule has 0 amide bonds. The van der Waals surface area contributed by atoms with Gasteiger partial charge in [0.25, 0.3) is 0 Å². The molecule has 0 aliphatic rings. The molecule has 0 aliphatic carbocycles. The van der Waals surface area contributed by atoms with Gasteiger partial charge in [0.15, 0.2) is 11.5 Å². The third-order valence-corrected chi connectivity index (χ3v) is 4.42. The van der Waals surface area contributed by atoms with Crippen molar-refractivity contribution in [3.8, 4) is 11.3 Å². The Bertz CT molecular complexity index is 1130. The minimum atomic E-state index is -4.97. The van der Waals surface area contributed by atoms with Crippen LogP contribution in [0.15, 0.2) is 58.2 Å². The Morgan fingerprint density at radius 3 is 2.47 bits per heavy atom. The molecule has 0 unspecified atom stereocenters. The SMILES string of the molecule is Cc1c(-c2c(F)cccc2Cl)noc1C(=CN)C(=Nc1cccc(F)c1)C(F)(F)F. The Labute approximate surface area is 172 Å². The fourth-order valence-corrected chi connectivity index (χ4v) is 3.01. The average Bonchev–Trinajstić information content (AvgIpc) is 3.02. The van der Waals surface area contributed by atoms with Gasteiger partial charge in [-0.3, -0.25) is 0 Å². The van der Waals surface area contributed by atoms with Crippen molar-refractivity contribution in [2.45, 2.75) is 13.1 Å². The molecule has 0 atom stereocenters. The van der Waals surface area contributed by atoms with Crippen LogP contribution in [0.25, 0.3) is 16.8 Å². The molecule has 0 saturated heterocycles. The zero-order valence-electron chi connectivity index (χ0n) is 15.3. The number of nitrogens with zero attached hydrogens (tertiary/aromatic N) is 2. The Hall–Kier alpha value is -3.20.